The molecule has 0 aliphatic rings. The predicted molar refractivity (Wildman–Crippen MR) is 106 cm³/mol. The Bertz CT molecular complexity index is 1060. The number of ether oxygens (including phenoxy) is 1. The molecule has 0 amide bonds. The number of rotatable bonds is 6. The van der Waals surface area contributed by atoms with Gasteiger partial charge < -0.3 is 10.5 Å². The van der Waals surface area contributed by atoms with Crippen molar-refractivity contribution in [3.63, 3.8) is 0 Å². The molecular formula is C20H21N5O3. The normalized spacial score (nSPS) is 10.6. The number of benzene rings is 2. The van der Waals surface area contributed by atoms with Crippen molar-refractivity contribution in [2.75, 3.05) is 7.11 Å². The summed E-state index contributed by atoms with van der Waals surface area (Å²) in [5.41, 5.74) is 8.17. The average Bonchev–Trinajstić information content (AvgIpc) is 3.01. The number of carbonyl (C=O) groups is 1. The van der Waals surface area contributed by atoms with Gasteiger partial charge in [0, 0.05) is 24.6 Å². The van der Waals surface area contributed by atoms with Crippen LogP contribution in [0.1, 0.15) is 17.5 Å². The fraction of sp³-hybridized carbons (Fsp3) is 0.200. The van der Waals surface area contributed by atoms with Crippen molar-refractivity contribution in [3.8, 4) is 17.1 Å². The van der Waals surface area contributed by atoms with Gasteiger partial charge in [0.15, 0.2) is 5.82 Å². The fourth-order valence-electron chi connectivity index (χ4n) is 2.81. The highest BCUT2D eigenvalue weighted by molar-refractivity contribution is 5.95. The van der Waals surface area contributed by atoms with Crippen LogP contribution >= 0.6 is 0 Å². The number of nitrogens with two attached hydrogens (primary N) is 1. The summed E-state index contributed by atoms with van der Waals surface area (Å²) < 4.78 is 7.44. The number of aromatic nitrogens is 3. The summed E-state index contributed by atoms with van der Waals surface area (Å²) in [6, 6.07) is 14.3. The molecule has 0 unspecified atom stereocenters. The van der Waals surface area contributed by atoms with Gasteiger partial charge in [-0.2, -0.15) is 4.68 Å². The zero-order chi connectivity index (χ0) is 20.3. The van der Waals surface area contributed by atoms with Gasteiger partial charge in [-0.1, -0.05) is 36.4 Å². The van der Waals surface area contributed by atoms with Crippen LogP contribution in [-0.4, -0.2) is 33.3 Å². The average molecular weight is 379 g/mol. The van der Waals surface area contributed by atoms with Crippen LogP contribution < -0.4 is 11.4 Å². The first-order chi connectivity index (χ1) is 13.4. The quantitative estimate of drug-likeness (QED) is 0.384. The number of amidine groups is 1. The minimum atomic E-state index is -0.270. The lowest BCUT2D eigenvalue weighted by Gasteiger charge is -2.03. The van der Waals surface area contributed by atoms with E-state index >= 15 is 0 Å². The van der Waals surface area contributed by atoms with Crippen molar-refractivity contribution in [3.05, 3.63) is 70.1 Å². The van der Waals surface area contributed by atoms with Crippen molar-refractivity contribution >= 4 is 11.8 Å². The molecule has 8 heteroatoms. The molecule has 0 spiro atoms. The maximum Gasteiger partial charge on any atom is 0.350 e. The van der Waals surface area contributed by atoms with E-state index in [4.69, 9.17) is 11.1 Å². The lowest BCUT2D eigenvalue weighted by molar-refractivity contribution is -0.140. The van der Waals surface area contributed by atoms with Gasteiger partial charge in [0.1, 0.15) is 5.84 Å². The summed E-state index contributed by atoms with van der Waals surface area (Å²) >= 11 is 0. The van der Waals surface area contributed by atoms with E-state index in [0.29, 0.717) is 29.9 Å². The van der Waals surface area contributed by atoms with Crippen LogP contribution in [-0.2, 0) is 23.0 Å². The fourth-order valence-corrected chi connectivity index (χ4v) is 2.81. The van der Waals surface area contributed by atoms with Crippen LogP contribution in [0.3, 0.4) is 0 Å². The molecule has 3 aromatic rings. The molecule has 0 atom stereocenters. The Morgan fingerprint density at radius 1 is 1.14 bits per heavy atom. The number of aryl methyl sites for hydroxylation is 1. The molecule has 28 heavy (non-hydrogen) atoms. The summed E-state index contributed by atoms with van der Waals surface area (Å²) in [7, 11) is 3.02. The lowest BCUT2D eigenvalue weighted by atomic mass is 10.1. The molecule has 3 N–H and O–H groups in total. The molecule has 144 valence electrons. The van der Waals surface area contributed by atoms with E-state index in [1.54, 1.807) is 43.4 Å². The highest BCUT2D eigenvalue weighted by Crippen LogP contribution is 2.17. The molecule has 0 fully saturated rings. The van der Waals surface area contributed by atoms with Crippen LogP contribution in [0.5, 0.6) is 0 Å². The van der Waals surface area contributed by atoms with E-state index in [1.807, 2.05) is 12.1 Å². The van der Waals surface area contributed by atoms with Gasteiger partial charge in [0.05, 0.1) is 12.8 Å². The summed E-state index contributed by atoms with van der Waals surface area (Å²) in [6.07, 6.45) is 0.873. The number of nitrogens with zero attached hydrogens (tertiary/aromatic N) is 3. The number of nitrogen functional groups attached to an aromatic ring is 1. The monoisotopic (exact) mass is 379 g/mol. The highest BCUT2D eigenvalue weighted by Gasteiger charge is 2.14. The Labute approximate surface area is 161 Å². The van der Waals surface area contributed by atoms with Crippen molar-refractivity contribution < 1.29 is 9.53 Å². The number of carbonyl (C=O) groups excluding carboxylic acids is 1. The van der Waals surface area contributed by atoms with Gasteiger partial charge in [-0.25, -0.2) is 4.79 Å². The van der Waals surface area contributed by atoms with E-state index in [-0.39, 0.29) is 17.5 Å². The first-order valence-corrected chi connectivity index (χ1v) is 8.67. The Morgan fingerprint density at radius 2 is 1.79 bits per heavy atom. The van der Waals surface area contributed by atoms with Crippen LogP contribution in [0.2, 0.25) is 0 Å². The third-order valence-corrected chi connectivity index (χ3v) is 4.46. The zero-order valence-corrected chi connectivity index (χ0v) is 15.7. The topological polar surface area (TPSA) is 116 Å². The molecule has 1 aromatic heterocycles. The second-order valence-corrected chi connectivity index (χ2v) is 6.31. The van der Waals surface area contributed by atoms with Gasteiger partial charge in [0.25, 0.3) is 0 Å². The molecule has 0 saturated heterocycles. The molecule has 0 bridgehead atoms. The molecule has 0 radical (unpaired) electrons. The van der Waals surface area contributed by atoms with Gasteiger partial charge in [-0.15, -0.1) is 5.10 Å². The smallest absolute Gasteiger partial charge is 0.350 e. The summed E-state index contributed by atoms with van der Waals surface area (Å²) in [5, 5.41) is 11.9. The Morgan fingerprint density at radius 3 is 2.36 bits per heavy atom. The zero-order valence-electron chi connectivity index (χ0n) is 15.7. The van der Waals surface area contributed by atoms with Crippen LogP contribution in [0.25, 0.3) is 17.1 Å². The van der Waals surface area contributed by atoms with Crippen LogP contribution in [0.15, 0.2) is 53.3 Å². The maximum atomic E-state index is 12.6. The molecule has 8 nitrogen and oxygen atoms in total. The second-order valence-electron chi connectivity index (χ2n) is 6.31. The van der Waals surface area contributed by atoms with Gasteiger partial charge >= 0.3 is 11.7 Å². The van der Waals surface area contributed by atoms with E-state index < -0.39 is 0 Å². The first kappa shape index (κ1) is 19.1. The van der Waals surface area contributed by atoms with E-state index in [1.165, 1.54) is 16.4 Å². The summed E-state index contributed by atoms with van der Waals surface area (Å²) in [5.74, 6) is 0.235. The molecule has 0 saturated carbocycles. The number of esters is 1. The van der Waals surface area contributed by atoms with Crippen molar-refractivity contribution in [2.45, 2.75) is 12.8 Å². The lowest BCUT2D eigenvalue weighted by Crippen LogP contribution is -2.21. The van der Waals surface area contributed by atoms with Crippen molar-refractivity contribution in [1.29, 1.82) is 5.41 Å². The number of nitrogens with one attached hydrogen (secondary N) is 1. The van der Waals surface area contributed by atoms with Crippen LogP contribution in [0, 0.1) is 5.41 Å². The second kappa shape index (κ2) is 7.91. The third kappa shape index (κ3) is 3.85. The number of hydrogen-bond donors (Lipinski definition) is 2. The minimum absolute atomic E-state index is 0.0155. The maximum absolute atomic E-state index is 12.6. The molecule has 2 aromatic carbocycles. The number of methoxy groups -OCH3 is 1. The molecule has 0 aliphatic carbocycles. The predicted octanol–water partition coefficient (Wildman–Crippen LogP) is 1.63. The van der Waals surface area contributed by atoms with Gasteiger partial charge in [-0.05, 0) is 24.1 Å². The standard InChI is InChI=1S/C20H21N5O3/c1-24-19(15-8-6-14(7-9-15)18(21)22)23-25(20(24)27)16-10-3-13(4-11-16)5-12-17(26)28-2/h3-4,6-11H,5,12H2,1-2H3,(H3,21,22). The minimum Gasteiger partial charge on any atom is -0.469 e. The first-order valence-electron chi connectivity index (χ1n) is 8.67. The van der Waals surface area contributed by atoms with E-state index in [9.17, 15) is 9.59 Å². The largest absolute Gasteiger partial charge is 0.469 e. The Balaban J connectivity index is 1.87. The van der Waals surface area contributed by atoms with E-state index in [0.717, 1.165) is 11.1 Å². The third-order valence-electron chi connectivity index (χ3n) is 4.46. The van der Waals surface area contributed by atoms with Gasteiger partial charge in [-0.3, -0.25) is 14.8 Å². The Hall–Kier alpha value is -3.68. The summed E-state index contributed by atoms with van der Waals surface area (Å²) in [4.78, 5) is 23.9. The molecular weight excluding hydrogens is 358 g/mol. The SMILES string of the molecule is COC(=O)CCc1ccc(-n2nc(-c3ccc(C(=N)N)cc3)n(C)c2=O)cc1. The molecule has 1 heterocycles. The van der Waals surface area contributed by atoms with E-state index in [2.05, 4.69) is 9.84 Å². The van der Waals surface area contributed by atoms with Gasteiger partial charge in [0.2, 0.25) is 0 Å². The number of hydrogen-bond acceptors (Lipinski definition) is 5. The molecule has 0 aliphatic heterocycles. The highest BCUT2D eigenvalue weighted by atomic mass is 16.5. The Kier molecular flexibility index (Phi) is 5.39. The van der Waals surface area contributed by atoms with Crippen LogP contribution in [0.4, 0.5) is 0 Å². The summed E-state index contributed by atoms with van der Waals surface area (Å²) in [6.45, 7) is 0. The molecule has 3 rings (SSSR count). The van der Waals surface area contributed by atoms with Crippen molar-refractivity contribution in [1.82, 2.24) is 14.3 Å². The van der Waals surface area contributed by atoms with Crippen molar-refractivity contribution in [2.24, 2.45) is 12.8 Å².